The summed E-state index contributed by atoms with van der Waals surface area (Å²) in [5.41, 5.74) is 17.8. The van der Waals surface area contributed by atoms with Gasteiger partial charge in [0.1, 0.15) is 0 Å². The lowest BCUT2D eigenvalue weighted by Crippen LogP contribution is -2.15. The molecule has 2 heteroatoms. The van der Waals surface area contributed by atoms with Crippen molar-refractivity contribution >= 4 is 59.3 Å². The van der Waals surface area contributed by atoms with Gasteiger partial charge in [-0.15, -0.1) is 11.3 Å². The molecule has 0 radical (unpaired) electrons. The topological polar surface area (TPSA) is 3.24 Å². The Morgan fingerprint density at radius 1 is 0.429 bits per heavy atom. The van der Waals surface area contributed by atoms with Crippen LogP contribution in [0.5, 0.6) is 0 Å². The van der Waals surface area contributed by atoms with Crippen LogP contribution in [0.4, 0.5) is 17.1 Å². The van der Waals surface area contributed by atoms with Crippen LogP contribution in [0.1, 0.15) is 68.6 Å². The fraction of sp³-hybridized carbons (Fsp3) is 0.148. The third-order valence-electron chi connectivity index (χ3n) is 14.3. The average molecular weight is 828 g/mol. The molecular weight excluding hydrogens is 779 g/mol. The van der Waals surface area contributed by atoms with Crippen LogP contribution in [0.2, 0.25) is 0 Å². The van der Waals surface area contributed by atoms with Crippen molar-refractivity contribution in [2.75, 3.05) is 4.90 Å². The standard InChI is InChI=1S/C61H49NS/c1-61(2)52-34-11-6-28-51(52)59-48(31-19-35-53(59)61)44-25-8-13-37-55(44)62(56-38-14-9-26-45(56)49-32-18-33-50-46-27-10-15-39-57(46)63-60(49)50)54-36-12-7-24-43(54)47-30-17-23-41-22-16-29-42(58(41)47)40-20-4-3-5-21-40/h6-19,22-40H,3-5,20-21H2,1-2H3. The van der Waals surface area contributed by atoms with E-state index in [1.807, 2.05) is 11.3 Å². The van der Waals surface area contributed by atoms with E-state index in [2.05, 4.69) is 213 Å². The van der Waals surface area contributed by atoms with E-state index in [0.717, 1.165) is 11.4 Å². The summed E-state index contributed by atoms with van der Waals surface area (Å²) >= 11 is 1.90. The zero-order valence-corrected chi connectivity index (χ0v) is 36.8. The molecule has 304 valence electrons. The van der Waals surface area contributed by atoms with Crippen molar-refractivity contribution in [1.29, 1.82) is 0 Å². The van der Waals surface area contributed by atoms with Gasteiger partial charge in [0.25, 0.3) is 0 Å². The Hall–Kier alpha value is -6.74. The van der Waals surface area contributed by atoms with Gasteiger partial charge < -0.3 is 4.90 Å². The summed E-state index contributed by atoms with van der Waals surface area (Å²) in [6.07, 6.45) is 6.46. The highest BCUT2D eigenvalue weighted by Crippen LogP contribution is 2.55. The van der Waals surface area contributed by atoms with E-state index < -0.39 is 0 Å². The first kappa shape index (κ1) is 38.0. The van der Waals surface area contributed by atoms with Crippen LogP contribution in [0.15, 0.2) is 194 Å². The first-order valence-corrected chi connectivity index (χ1v) is 23.6. The highest BCUT2D eigenvalue weighted by atomic mass is 32.1. The van der Waals surface area contributed by atoms with Crippen molar-refractivity contribution < 1.29 is 0 Å². The minimum Gasteiger partial charge on any atom is -0.309 e. The first-order valence-electron chi connectivity index (χ1n) is 22.8. The minimum atomic E-state index is -0.108. The molecule has 2 aliphatic rings. The van der Waals surface area contributed by atoms with E-state index in [1.54, 1.807) is 0 Å². The molecule has 0 saturated heterocycles. The molecule has 1 heterocycles. The SMILES string of the molecule is CC1(C)c2ccccc2-c2c(-c3ccccc3N(c3ccccc3-c3cccc4c3sc3ccccc34)c3ccccc3-c3cccc4cccc(C5CCCCC5)c34)cccc21. The van der Waals surface area contributed by atoms with Gasteiger partial charge in [-0.05, 0) is 92.7 Å². The van der Waals surface area contributed by atoms with Crippen molar-refractivity contribution in [3.63, 3.8) is 0 Å². The largest absolute Gasteiger partial charge is 0.309 e. The van der Waals surface area contributed by atoms with Gasteiger partial charge in [0.05, 0.1) is 17.1 Å². The summed E-state index contributed by atoms with van der Waals surface area (Å²) in [6.45, 7) is 4.76. The molecule has 1 fully saturated rings. The van der Waals surface area contributed by atoms with E-state index in [0.29, 0.717) is 5.92 Å². The first-order chi connectivity index (χ1) is 31.1. The summed E-state index contributed by atoms with van der Waals surface area (Å²) in [5.74, 6) is 0.572. The quantitative estimate of drug-likeness (QED) is 0.155. The Morgan fingerprint density at radius 3 is 1.68 bits per heavy atom. The maximum Gasteiger partial charge on any atom is 0.0541 e. The van der Waals surface area contributed by atoms with Gasteiger partial charge >= 0.3 is 0 Å². The highest BCUT2D eigenvalue weighted by Gasteiger charge is 2.37. The average Bonchev–Trinajstić information content (AvgIpc) is 3.84. The number of benzene rings is 9. The summed E-state index contributed by atoms with van der Waals surface area (Å²) < 4.78 is 2.63. The molecule has 12 rings (SSSR count). The summed E-state index contributed by atoms with van der Waals surface area (Å²) in [6, 6.07) is 73.2. The maximum atomic E-state index is 2.60. The number of nitrogens with zero attached hydrogens (tertiary/aromatic N) is 1. The molecule has 9 aromatic carbocycles. The summed E-state index contributed by atoms with van der Waals surface area (Å²) in [4.78, 5) is 2.60. The van der Waals surface area contributed by atoms with Crippen LogP contribution in [0.25, 0.3) is 75.5 Å². The monoisotopic (exact) mass is 827 g/mol. The molecule has 0 aliphatic heterocycles. The number of hydrogen-bond acceptors (Lipinski definition) is 2. The molecule has 1 aromatic heterocycles. The summed E-state index contributed by atoms with van der Waals surface area (Å²) in [5, 5.41) is 5.34. The van der Waals surface area contributed by atoms with E-state index in [1.165, 1.54) is 130 Å². The number of fused-ring (bicyclic) bond motifs is 7. The second-order valence-electron chi connectivity index (χ2n) is 18.2. The molecule has 10 aromatic rings. The van der Waals surface area contributed by atoms with Crippen molar-refractivity contribution in [1.82, 2.24) is 0 Å². The van der Waals surface area contributed by atoms with Gasteiger partial charge in [-0.3, -0.25) is 0 Å². The second kappa shape index (κ2) is 15.3. The molecule has 0 atom stereocenters. The molecule has 0 unspecified atom stereocenters. The number of para-hydroxylation sites is 3. The molecule has 0 spiro atoms. The third kappa shape index (κ3) is 6.10. The maximum absolute atomic E-state index is 2.60. The zero-order valence-electron chi connectivity index (χ0n) is 35.9. The molecule has 0 amide bonds. The minimum absolute atomic E-state index is 0.108. The fourth-order valence-electron chi connectivity index (χ4n) is 11.4. The predicted octanol–water partition coefficient (Wildman–Crippen LogP) is 18.0. The number of rotatable bonds is 7. The van der Waals surface area contributed by atoms with E-state index in [-0.39, 0.29) is 5.41 Å². The summed E-state index contributed by atoms with van der Waals surface area (Å²) in [7, 11) is 0. The third-order valence-corrected chi connectivity index (χ3v) is 15.5. The Labute approximate surface area is 374 Å². The van der Waals surface area contributed by atoms with Crippen LogP contribution in [0, 0.1) is 0 Å². The van der Waals surface area contributed by atoms with Crippen molar-refractivity contribution in [2.45, 2.75) is 57.3 Å². The van der Waals surface area contributed by atoms with E-state index in [4.69, 9.17) is 0 Å². The van der Waals surface area contributed by atoms with Gasteiger partial charge in [0.15, 0.2) is 0 Å². The van der Waals surface area contributed by atoms with Crippen LogP contribution in [0.3, 0.4) is 0 Å². The van der Waals surface area contributed by atoms with Crippen LogP contribution >= 0.6 is 11.3 Å². The Morgan fingerprint density at radius 2 is 0.937 bits per heavy atom. The van der Waals surface area contributed by atoms with Crippen molar-refractivity contribution in [3.8, 4) is 44.5 Å². The molecule has 63 heavy (non-hydrogen) atoms. The van der Waals surface area contributed by atoms with E-state index in [9.17, 15) is 0 Å². The van der Waals surface area contributed by atoms with Crippen LogP contribution < -0.4 is 4.90 Å². The van der Waals surface area contributed by atoms with Crippen LogP contribution in [-0.2, 0) is 5.41 Å². The highest BCUT2D eigenvalue weighted by molar-refractivity contribution is 7.26. The Kier molecular flexibility index (Phi) is 9.20. The van der Waals surface area contributed by atoms with Crippen molar-refractivity contribution in [2.24, 2.45) is 0 Å². The number of thiophene rings is 1. The Balaban J connectivity index is 1.15. The zero-order chi connectivity index (χ0) is 42.1. The molecule has 0 N–H and O–H groups in total. The van der Waals surface area contributed by atoms with Crippen molar-refractivity contribution in [3.05, 3.63) is 211 Å². The van der Waals surface area contributed by atoms with Gasteiger partial charge in [0.2, 0.25) is 0 Å². The van der Waals surface area contributed by atoms with Gasteiger partial charge in [-0.1, -0.05) is 203 Å². The molecule has 1 saturated carbocycles. The Bertz CT molecular complexity index is 3370. The molecular formula is C61H49NS. The lowest BCUT2D eigenvalue weighted by atomic mass is 9.80. The smallest absolute Gasteiger partial charge is 0.0541 e. The lowest BCUT2D eigenvalue weighted by Gasteiger charge is -2.32. The molecule has 0 bridgehead atoms. The van der Waals surface area contributed by atoms with E-state index >= 15 is 0 Å². The van der Waals surface area contributed by atoms with Gasteiger partial charge in [0, 0.05) is 47.8 Å². The lowest BCUT2D eigenvalue weighted by molar-refractivity contribution is 0.445. The van der Waals surface area contributed by atoms with Crippen LogP contribution in [-0.4, -0.2) is 0 Å². The number of hydrogen-bond donors (Lipinski definition) is 0. The van der Waals surface area contributed by atoms with Gasteiger partial charge in [-0.2, -0.15) is 0 Å². The molecule has 2 aliphatic carbocycles. The number of anilines is 3. The van der Waals surface area contributed by atoms with Gasteiger partial charge in [-0.25, -0.2) is 0 Å². The second-order valence-corrected chi connectivity index (χ2v) is 19.2. The molecule has 1 nitrogen and oxygen atoms in total. The normalized spacial score (nSPS) is 14.6. The fourth-order valence-corrected chi connectivity index (χ4v) is 12.6. The predicted molar refractivity (Wildman–Crippen MR) is 271 cm³/mol.